The summed E-state index contributed by atoms with van der Waals surface area (Å²) < 4.78 is 22.8. The summed E-state index contributed by atoms with van der Waals surface area (Å²) in [5.41, 5.74) is 1.19. The van der Waals surface area contributed by atoms with Gasteiger partial charge in [-0.3, -0.25) is 0 Å². The Morgan fingerprint density at radius 3 is 2.29 bits per heavy atom. The Labute approximate surface area is 102 Å². The van der Waals surface area contributed by atoms with E-state index in [-0.39, 0.29) is 11.5 Å². The zero-order chi connectivity index (χ0) is 12.5. The van der Waals surface area contributed by atoms with Gasteiger partial charge in [0, 0.05) is 6.42 Å². The molecular formula is C13H18O3S. The molecule has 1 saturated heterocycles. The van der Waals surface area contributed by atoms with Gasteiger partial charge in [-0.15, -0.1) is 0 Å². The van der Waals surface area contributed by atoms with Crippen molar-refractivity contribution in [3.05, 3.63) is 35.4 Å². The Bertz CT molecular complexity index is 490. The van der Waals surface area contributed by atoms with Gasteiger partial charge in [0.1, 0.15) is 0 Å². The van der Waals surface area contributed by atoms with Crippen molar-refractivity contribution >= 4 is 9.84 Å². The lowest BCUT2D eigenvalue weighted by Crippen LogP contribution is -2.32. The third-order valence-corrected chi connectivity index (χ3v) is 5.13. The highest BCUT2D eigenvalue weighted by Crippen LogP contribution is 2.27. The van der Waals surface area contributed by atoms with Gasteiger partial charge < -0.3 is 5.11 Å². The van der Waals surface area contributed by atoms with Crippen molar-refractivity contribution in [3.63, 3.8) is 0 Å². The molecule has 1 heterocycles. The topological polar surface area (TPSA) is 54.4 Å². The van der Waals surface area contributed by atoms with Crippen LogP contribution in [0, 0.1) is 0 Å². The highest BCUT2D eigenvalue weighted by atomic mass is 32.2. The average molecular weight is 254 g/mol. The van der Waals surface area contributed by atoms with E-state index >= 15 is 0 Å². The SMILES string of the molecule is CCc1ccc(CC2(O)CCS(=O)(=O)C2)cc1. The van der Waals surface area contributed by atoms with Crippen LogP contribution in [0.5, 0.6) is 0 Å². The molecule has 1 N–H and O–H groups in total. The number of sulfone groups is 1. The van der Waals surface area contributed by atoms with Gasteiger partial charge in [-0.1, -0.05) is 31.2 Å². The summed E-state index contributed by atoms with van der Waals surface area (Å²) in [4.78, 5) is 0. The van der Waals surface area contributed by atoms with E-state index in [1.54, 1.807) is 0 Å². The summed E-state index contributed by atoms with van der Waals surface area (Å²) in [6, 6.07) is 8.01. The van der Waals surface area contributed by atoms with Crippen LogP contribution in [0.1, 0.15) is 24.5 Å². The van der Waals surface area contributed by atoms with E-state index in [9.17, 15) is 13.5 Å². The molecule has 0 aliphatic carbocycles. The van der Waals surface area contributed by atoms with Gasteiger partial charge in [0.05, 0.1) is 17.1 Å². The molecule has 3 nitrogen and oxygen atoms in total. The number of rotatable bonds is 3. The Kier molecular flexibility index (Phi) is 3.27. The summed E-state index contributed by atoms with van der Waals surface area (Å²) in [5, 5.41) is 10.2. The molecule has 0 saturated carbocycles. The van der Waals surface area contributed by atoms with E-state index in [4.69, 9.17) is 0 Å². The molecule has 17 heavy (non-hydrogen) atoms. The lowest BCUT2D eigenvalue weighted by molar-refractivity contribution is 0.0682. The van der Waals surface area contributed by atoms with Crippen LogP contribution in [0.4, 0.5) is 0 Å². The van der Waals surface area contributed by atoms with Crippen molar-refractivity contribution < 1.29 is 13.5 Å². The van der Waals surface area contributed by atoms with Gasteiger partial charge in [-0.2, -0.15) is 0 Å². The second-order valence-electron chi connectivity index (χ2n) is 4.91. The number of aliphatic hydroxyl groups is 1. The lowest BCUT2D eigenvalue weighted by Gasteiger charge is -2.20. The van der Waals surface area contributed by atoms with E-state index in [2.05, 4.69) is 6.92 Å². The predicted octanol–water partition coefficient (Wildman–Crippen LogP) is 1.34. The minimum absolute atomic E-state index is 0.102. The molecule has 1 unspecified atom stereocenters. The quantitative estimate of drug-likeness (QED) is 0.885. The molecule has 1 aromatic rings. The molecule has 4 heteroatoms. The summed E-state index contributed by atoms with van der Waals surface area (Å²) >= 11 is 0. The molecule has 0 aromatic heterocycles. The highest BCUT2D eigenvalue weighted by Gasteiger charge is 2.40. The van der Waals surface area contributed by atoms with E-state index in [1.165, 1.54) is 5.56 Å². The fraction of sp³-hybridized carbons (Fsp3) is 0.538. The third-order valence-electron chi connectivity index (χ3n) is 3.33. The van der Waals surface area contributed by atoms with Gasteiger partial charge in [0.15, 0.2) is 9.84 Å². The minimum atomic E-state index is -3.04. The second kappa shape index (κ2) is 4.42. The van der Waals surface area contributed by atoms with Crippen LogP contribution in [0.15, 0.2) is 24.3 Å². The largest absolute Gasteiger partial charge is 0.388 e. The monoisotopic (exact) mass is 254 g/mol. The van der Waals surface area contributed by atoms with E-state index in [1.807, 2.05) is 24.3 Å². The minimum Gasteiger partial charge on any atom is -0.388 e. The summed E-state index contributed by atoms with van der Waals surface area (Å²) in [6.07, 6.45) is 1.76. The van der Waals surface area contributed by atoms with Crippen molar-refractivity contribution in [1.29, 1.82) is 0 Å². The van der Waals surface area contributed by atoms with Crippen molar-refractivity contribution in [3.8, 4) is 0 Å². The fourth-order valence-corrected chi connectivity index (χ4v) is 4.21. The zero-order valence-electron chi connectivity index (χ0n) is 10.0. The predicted molar refractivity (Wildman–Crippen MR) is 67.7 cm³/mol. The summed E-state index contributed by atoms with van der Waals surface area (Å²) in [6.45, 7) is 2.09. The first kappa shape index (κ1) is 12.6. The lowest BCUT2D eigenvalue weighted by atomic mass is 9.93. The first-order chi connectivity index (χ1) is 7.92. The van der Waals surface area contributed by atoms with Gasteiger partial charge in [-0.25, -0.2) is 8.42 Å². The number of hydrogen-bond donors (Lipinski definition) is 1. The smallest absolute Gasteiger partial charge is 0.153 e. The van der Waals surface area contributed by atoms with Gasteiger partial charge in [0.25, 0.3) is 0 Å². The first-order valence-electron chi connectivity index (χ1n) is 5.93. The van der Waals surface area contributed by atoms with Crippen molar-refractivity contribution in [2.45, 2.75) is 31.8 Å². The molecule has 1 aliphatic heterocycles. The van der Waals surface area contributed by atoms with E-state index in [0.717, 1.165) is 12.0 Å². The van der Waals surface area contributed by atoms with Gasteiger partial charge in [0.2, 0.25) is 0 Å². The maximum absolute atomic E-state index is 11.4. The molecular weight excluding hydrogens is 236 g/mol. The van der Waals surface area contributed by atoms with Crippen molar-refractivity contribution in [2.75, 3.05) is 11.5 Å². The first-order valence-corrected chi connectivity index (χ1v) is 7.75. The Balaban J connectivity index is 2.10. The van der Waals surface area contributed by atoms with Crippen LogP contribution in [-0.4, -0.2) is 30.6 Å². The third kappa shape index (κ3) is 3.07. The summed E-state index contributed by atoms with van der Waals surface area (Å²) in [5.74, 6) is 0.00602. The molecule has 0 spiro atoms. The number of hydrogen-bond acceptors (Lipinski definition) is 3. The average Bonchev–Trinajstić information content (AvgIpc) is 2.54. The molecule has 1 aromatic carbocycles. The van der Waals surface area contributed by atoms with E-state index < -0.39 is 15.4 Å². The number of aryl methyl sites for hydroxylation is 1. The van der Waals surface area contributed by atoms with Crippen LogP contribution in [0.3, 0.4) is 0 Å². The molecule has 2 rings (SSSR count). The Hall–Kier alpha value is -0.870. The molecule has 94 valence electrons. The molecule has 1 aliphatic rings. The maximum atomic E-state index is 11.4. The summed E-state index contributed by atoms with van der Waals surface area (Å²) in [7, 11) is -3.04. The van der Waals surface area contributed by atoms with Crippen LogP contribution >= 0.6 is 0 Å². The zero-order valence-corrected chi connectivity index (χ0v) is 10.8. The van der Waals surface area contributed by atoms with Crippen LogP contribution in [0.2, 0.25) is 0 Å². The van der Waals surface area contributed by atoms with Gasteiger partial charge in [-0.05, 0) is 24.0 Å². The van der Waals surface area contributed by atoms with Crippen LogP contribution < -0.4 is 0 Å². The molecule has 0 bridgehead atoms. The highest BCUT2D eigenvalue weighted by molar-refractivity contribution is 7.91. The maximum Gasteiger partial charge on any atom is 0.153 e. The normalized spacial score (nSPS) is 27.2. The van der Waals surface area contributed by atoms with Crippen LogP contribution in [0.25, 0.3) is 0 Å². The van der Waals surface area contributed by atoms with Crippen molar-refractivity contribution in [2.24, 2.45) is 0 Å². The Morgan fingerprint density at radius 2 is 1.82 bits per heavy atom. The van der Waals surface area contributed by atoms with E-state index in [0.29, 0.717) is 12.8 Å². The van der Waals surface area contributed by atoms with Crippen molar-refractivity contribution in [1.82, 2.24) is 0 Å². The molecule has 0 amide bonds. The second-order valence-corrected chi connectivity index (χ2v) is 7.10. The van der Waals surface area contributed by atoms with Crippen LogP contribution in [-0.2, 0) is 22.7 Å². The van der Waals surface area contributed by atoms with Gasteiger partial charge >= 0.3 is 0 Å². The fourth-order valence-electron chi connectivity index (χ4n) is 2.31. The molecule has 1 fully saturated rings. The number of benzene rings is 1. The Morgan fingerprint density at radius 1 is 1.24 bits per heavy atom. The molecule has 0 radical (unpaired) electrons. The standard InChI is InChI=1S/C13H18O3S/c1-2-11-3-5-12(6-4-11)9-13(14)7-8-17(15,16)10-13/h3-6,14H,2,7-10H2,1H3. The molecule has 1 atom stereocenters.